The lowest BCUT2D eigenvalue weighted by molar-refractivity contribution is 0.179. The molecule has 2 N–H and O–H groups in total. The third-order valence-electron chi connectivity index (χ3n) is 3.27. The van der Waals surface area contributed by atoms with Gasteiger partial charge in [0, 0.05) is 0 Å². The van der Waals surface area contributed by atoms with Crippen LogP contribution in [0.1, 0.15) is 12.5 Å². The summed E-state index contributed by atoms with van der Waals surface area (Å²) in [5.41, 5.74) is 4.23. The molecule has 1 heterocycles. The average Bonchev–Trinajstić information content (AvgIpc) is 2.57. The van der Waals surface area contributed by atoms with E-state index in [9.17, 15) is 10.0 Å². The zero-order valence-electron chi connectivity index (χ0n) is 11.9. The lowest BCUT2D eigenvalue weighted by atomic mass is 10.1. The predicted molar refractivity (Wildman–Crippen MR) is 85.5 cm³/mol. The Balaban J connectivity index is 1.98. The normalized spacial score (nSPS) is 11.6. The quantitative estimate of drug-likeness (QED) is 0.442. The van der Waals surface area contributed by atoms with E-state index in [1.54, 1.807) is 24.3 Å². The second-order valence-corrected chi connectivity index (χ2v) is 4.74. The third kappa shape index (κ3) is 2.54. The van der Waals surface area contributed by atoms with Crippen LogP contribution >= 0.6 is 0 Å². The first-order valence-corrected chi connectivity index (χ1v) is 6.73. The van der Waals surface area contributed by atoms with Gasteiger partial charge in [-0.05, 0) is 24.6 Å². The SMILES string of the molecule is CC(=NNc1nc2ccccc2c(=O)n1O)c1ccccc1. The van der Waals surface area contributed by atoms with Crippen molar-refractivity contribution < 1.29 is 5.21 Å². The van der Waals surface area contributed by atoms with Crippen molar-refractivity contribution in [2.24, 2.45) is 5.10 Å². The molecule has 22 heavy (non-hydrogen) atoms. The smallest absolute Gasteiger partial charge is 0.295 e. The van der Waals surface area contributed by atoms with E-state index in [4.69, 9.17) is 0 Å². The largest absolute Gasteiger partial charge is 0.422 e. The molecule has 0 saturated carbocycles. The molecule has 0 aliphatic rings. The summed E-state index contributed by atoms with van der Waals surface area (Å²) in [5, 5.41) is 14.4. The predicted octanol–water partition coefficient (Wildman–Crippen LogP) is 2.47. The molecule has 0 spiro atoms. The number of aromatic nitrogens is 2. The number of rotatable bonds is 3. The molecule has 3 rings (SSSR count). The Morgan fingerprint density at radius 3 is 2.59 bits per heavy atom. The molecule has 2 aromatic carbocycles. The van der Waals surface area contributed by atoms with Gasteiger partial charge in [-0.1, -0.05) is 42.5 Å². The van der Waals surface area contributed by atoms with Crippen molar-refractivity contribution in [2.75, 3.05) is 5.43 Å². The van der Waals surface area contributed by atoms with Gasteiger partial charge in [0.1, 0.15) is 0 Å². The van der Waals surface area contributed by atoms with E-state index in [2.05, 4.69) is 15.5 Å². The van der Waals surface area contributed by atoms with Gasteiger partial charge in [0.25, 0.3) is 11.5 Å². The van der Waals surface area contributed by atoms with Crippen molar-refractivity contribution in [1.82, 2.24) is 9.71 Å². The molecule has 1 aromatic heterocycles. The Kier molecular flexibility index (Phi) is 3.57. The summed E-state index contributed by atoms with van der Waals surface area (Å²) in [5.74, 6) is -0.0287. The number of nitrogens with one attached hydrogen (secondary N) is 1. The lowest BCUT2D eigenvalue weighted by Crippen LogP contribution is -2.22. The molecule has 0 unspecified atom stereocenters. The molecule has 0 aliphatic carbocycles. The van der Waals surface area contributed by atoms with Crippen molar-refractivity contribution in [3.63, 3.8) is 0 Å². The zero-order valence-corrected chi connectivity index (χ0v) is 11.9. The fourth-order valence-corrected chi connectivity index (χ4v) is 2.07. The minimum Gasteiger partial charge on any atom is -0.422 e. The summed E-state index contributed by atoms with van der Waals surface area (Å²) in [4.78, 5) is 16.2. The van der Waals surface area contributed by atoms with Gasteiger partial charge in [-0.15, -0.1) is 4.73 Å². The van der Waals surface area contributed by atoms with Crippen molar-refractivity contribution in [3.05, 3.63) is 70.5 Å². The molecule has 0 amide bonds. The Morgan fingerprint density at radius 1 is 1.14 bits per heavy atom. The van der Waals surface area contributed by atoms with Gasteiger partial charge in [0.05, 0.1) is 16.6 Å². The fraction of sp³-hybridized carbons (Fsp3) is 0.0625. The van der Waals surface area contributed by atoms with Gasteiger partial charge >= 0.3 is 0 Å². The Hall–Kier alpha value is -3.15. The monoisotopic (exact) mass is 294 g/mol. The standard InChI is InChI=1S/C16H14N4O2/c1-11(12-7-3-2-4-8-12)18-19-16-17-14-10-6-5-9-13(14)15(21)20(16)22/h2-10,22H,1H3,(H,17,19). The Morgan fingerprint density at radius 2 is 1.82 bits per heavy atom. The van der Waals surface area contributed by atoms with E-state index < -0.39 is 5.56 Å². The van der Waals surface area contributed by atoms with Gasteiger partial charge < -0.3 is 5.21 Å². The number of hydrogen-bond acceptors (Lipinski definition) is 5. The zero-order chi connectivity index (χ0) is 15.5. The maximum absolute atomic E-state index is 12.0. The molecular formula is C16H14N4O2. The average molecular weight is 294 g/mol. The fourth-order valence-electron chi connectivity index (χ4n) is 2.07. The van der Waals surface area contributed by atoms with Crippen molar-refractivity contribution in [1.29, 1.82) is 0 Å². The van der Waals surface area contributed by atoms with Gasteiger partial charge in [-0.3, -0.25) is 4.79 Å². The summed E-state index contributed by atoms with van der Waals surface area (Å²) < 4.78 is 0.462. The van der Waals surface area contributed by atoms with Crippen LogP contribution in [0.15, 0.2) is 64.5 Å². The lowest BCUT2D eigenvalue weighted by Gasteiger charge is -2.07. The van der Waals surface area contributed by atoms with Gasteiger partial charge in [-0.2, -0.15) is 5.10 Å². The van der Waals surface area contributed by atoms with Crippen LogP contribution in [0.2, 0.25) is 0 Å². The third-order valence-corrected chi connectivity index (χ3v) is 3.27. The van der Waals surface area contributed by atoms with Crippen LogP contribution in [-0.4, -0.2) is 20.6 Å². The van der Waals surface area contributed by atoms with E-state index in [1.807, 2.05) is 37.3 Å². The molecule has 6 heteroatoms. The number of anilines is 1. The molecule has 3 aromatic rings. The van der Waals surface area contributed by atoms with E-state index in [0.29, 0.717) is 21.3 Å². The van der Waals surface area contributed by atoms with Crippen LogP contribution in [0.3, 0.4) is 0 Å². The van der Waals surface area contributed by atoms with Crippen LogP contribution < -0.4 is 11.0 Å². The first-order valence-electron chi connectivity index (χ1n) is 6.73. The molecule has 0 bridgehead atoms. The van der Waals surface area contributed by atoms with Gasteiger partial charge in [-0.25, -0.2) is 10.4 Å². The molecular weight excluding hydrogens is 280 g/mol. The number of hydrazone groups is 1. The van der Waals surface area contributed by atoms with Gasteiger partial charge in [0.2, 0.25) is 0 Å². The Bertz CT molecular complexity index is 901. The molecule has 6 nitrogen and oxygen atoms in total. The van der Waals surface area contributed by atoms with E-state index in [0.717, 1.165) is 5.56 Å². The summed E-state index contributed by atoms with van der Waals surface area (Å²) >= 11 is 0. The highest BCUT2D eigenvalue weighted by molar-refractivity contribution is 5.98. The summed E-state index contributed by atoms with van der Waals surface area (Å²) in [6, 6.07) is 16.4. The number of benzene rings is 2. The molecule has 0 aliphatic heterocycles. The van der Waals surface area contributed by atoms with Crippen molar-refractivity contribution in [2.45, 2.75) is 6.92 Å². The Labute approximate surface area is 126 Å². The minimum atomic E-state index is -0.541. The van der Waals surface area contributed by atoms with Crippen molar-refractivity contribution >= 4 is 22.6 Å². The highest BCUT2D eigenvalue weighted by Crippen LogP contribution is 2.10. The molecule has 0 atom stereocenters. The van der Waals surface area contributed by atoms with Crippen LogP contribution in [0, 0.1) is 0 Å². The van der Waals surface area contributed by atoms with Gasteiger partial charge in [0.15, 0.2) is 0 Å². The summed E-state index contributed by atoms with van der Waals surface area (Å²) in [6.07, 6.45) is 0. The molecule has 110 valence electrons. The second-order valence-electron chi connectivity index (χ2n) is 4.74. The van der Waals surface area contributed by atoms with Crippen LogP contribution in [0.5, 0.6) is 0 Å². The first-order chi connectivity index (χ1) is 10.7. The van der Waals surface area contributed by atoms with Crippen LogP contribution in [-0.2, 0) is 0 Å². The maximum Gasteiger partial charge on any atom is 0.295 e. The summed E-state index contributed by atoms with van der Waals surface area (Å²) in [6.45, 7) is 1.82. The minimum absolute atomic E-state index is 0.0287. The molecule has 0 fully saturated rings. The molecule has 0 radical (unpaired) electrons. The summed E-state index contributed by atoms with van der Waals surface area (Å²) in [7, 11) is 0. The first kappa shape index (κ1) is 13.8. The number of para-hydroxylation sites is 1. The van der Waals surface area contributed by atoms with E-state index in [-0.39, 0.29) is 5.95 Å². The van der Waals surface area contributed by atoms with Crippen LogP contribution in [0.4, 0.5) is 5.95 Å². The van der Waals surface area contributed by atoms with Crippen molar-refractivity contribution in [3.8, 4) is 0 Å². The van der Waals surface area contributed by atoms with Crippen LogP contribution in [0.25, 0.3) is 10.9 Å². The molecule has 0 saturated heterocycles. The van der Waals surface area contributed by atoms with E-state index in [1.165, 1.54) is 0 Å². The second kappa shape index (κ2) is 5.69. The number of fused-ring (bicyclic) bond motifs is 1. The highest BCUT2D eigenvalue weighted by atomic mass is 16.5. The van der Waals surface area contributed by atoms with E-state index >= 15 is 0 Å². The highest BCUT2D eigenvalue weighted by Gasteiger charge is 2.09. The number of hydrogen-bond donors (Lipinski definition) is 2. The maximum atomic E-state index is 12.0. The topological polar surface area (TPSA) is 79.5 Å². The number of nitrogens with zero attached hydrogens (tertiary/aromatic N) is 3.